The third kappa shape index (κ3) is 3.46. The molecule has 0 bridgehead atoms. The lowest BCUT2D eigenvalue weighted by atomic mass is 10.1. The quantitative estimate of drug-likeness (QED) is 0.620. The van der Waals surface area contributed by atoms with Gasteiger partial charge in [-0.25, -0.2) is 9.18 Å². The number of carbonyl (C=O) groups excluding carboxylic acids is 1. The first kappa shape index (κ1) is 15.6. The van der Waals surface area contributed by atoms with Crippen LogP contribution in [0, 0.1) is 5.82 Å². The van der Waals surface area contributed by atoms with Crippen LogP contribution in [-0.4, -0.2) is 13.1 Å². The number of hydrogen-bond donors (Lipinski definition) is 2. The molecule has 110 valence electrons. The number of ether oxygens (including phenoxy) is 1. The van der Waals surface area contributed by atoms with Gasteiger partial charge in [-0.2, -0.15) is 0 Å². The summed E-state index contributed by atoms with van der Waals surface area (Å²) in [5.74, 6) is -0.948. The number of benzene rings is 2. The number of nitrogens with one attached hydrogen (secondary N) is 1. The van der Waals surface area contributed by atoms with Gasteiger partial charge in [0.25, 0.3) is 0 Å². The Hall–Kier alpha value is -1.79. The molecule has 0 aliphatic carbocycles. The van der Waals surface area contributed by atoms with E-state index in [0.29, 0.717) is 27.1 Å². The van der Waals surface area contributed by atoms with Gasteiger partial charge in [-0.05, 0) is 46.3 Å². The van der Waals surface area contributed by atoms with Crippen LogP contribution in [0.5, 0.6) is 0 Å². The number of rotatable bonds is 3. The van der Waals surface area contributed by atoms with Crippen LogP contribution in [0.1, 0.15) is 10.4 Å². The molecule has 21 heavy (non-hydrogen) atoms. The SMILES string of the molecule is COC(=O)c1ccc(N)c(Nc2c(Cl)cc(F)cc2Br)c1. The molecule has 2 aromatic carbocycles. The summed E-state index contributed by atoms with van der Waals surface area (Å²) < 4.78 is 18.3. The van der Waals surface area contributed by atoms with Gasteiger partial charge in [-0.3, -0.25) is 0 Å². The molecule has 0 aromatic heterocycles. The van der Waals surface area contributed by atoms with Gasteiger partial charge < -0.3 is 15.8 Å². The number of nitrogen functional groups attached to an aromatic ring is 1. The lowest BCUT2D eigenvalue weighted by molar-refractivity contribution is 0.0601. The molecule has 0 fully saturated rings. The molecule has 4 nitrogen and oxygen atoms in total. The lowest BCUT2D eigenvalue weighted by Crippen LogP contribution is -2.04. The summed E-state index contributed by atoms with van der Waals surface area (Å²) in [7, 11) is 1.29. The summed E-state index contributed by atoms with van der Waals surface area (Å²) >= 11 is 9.22. The molecule has 3 N–H and O–H groups in total. The summed E-state index contributed by atoms with van der Waals surface area (Å²) in [6, 6.07) is 7.10. The van der Waals surface area contributed by atoms with Gasteiger partial charge in [0.15, 0.2) is 0 Å². The van der Waals surface area contributed by atoms with Crippen molar-refractivity contribution < 1.29 is 13.9 Å². The summed E-state index contributed by atoms with van der Waals surface area (Å²) in [5.41, 5.74) is 7.53. The van der Waals surface area contributed by atoms with Crippen molar-refractivity contribution in [3.8, 4) is 0 Å². The fourth-order valence-electron chi connectivity index (χ4n) is 1.71. The summed E-state index contributed by atoms with van der Waals surface area (Å²) in [6.07, 6.45) is 0. The van der Waals surface area contributed by atoms with Gasteiger partial charge in [-0.15, -0.1) is 0 Å². The van der Waals surface area contributed by atoms with Crippen LogP contribution in [0.15, 0.2) is 34.8 Å². The van der Waals surface area contributed by atoms with Crippen molar-refractivity contribution in [3.63, 3.8) is 0 Å². The summed E-state index contributed by atoms with van der Waals surface area (Å²) in [4.78, 5) is 11.5. The highest BCUT2D eigenvalue weighted by atomic mass is 79.9. The van der Waals surface area contributed by atoms with E-state index in [4.69, 9.17) is 17.3 Å². The highest BCUT2D eigenvalue weighted by Gasteiger charge is 2.12. The van der Waals surface area contributed by atoms with Crippen LogP contribution in [0.4, 0.5) is 21.5 Å². The fraction of sp³-hybridized carbons (Fsp3) is 0.0714. The lowest BCUT2D eigenvalue weighted by Gasteiger charge is -2.13. The van der Waals surface area contributed by atoms with Crippen molar-refractivity contribution in [3.05, 3.63) is 51.2 Å². The highest BCUT2D eigenvalue weighted by molar-refractivity contribution is 9.10. The zero-order valence-electron chi connectivity index (χ0n) is 10.9. The van der Waals surface area contributed by atoms with Crippen LogP contribution in [-0.2, 0) is 4.74 Å². The fourth-order valence-corrected chi connectivity index (χ4v) is 2.60. The van der Waals surface area contributed by atoms with E-state index >= 15 is 0 Å². The van der Waals surface area contributed by atoms with E-state index in [1.54, 1.807) is 12.1 Å². The standard InChI is InChI=1S/C14H11BrClFN2O2/c1-21-14(20)7-2-3-11(18)12(4-7)19-13-9(15)5-8(17)6-10(13)16/h2-6,19H,18H2,1H3. The number of nitrogens with two attached hydrogens (primary N) is 1. The van der Waals surface area contributed by atoms with Crippen molar-refractivity contribution in [1.82, 2.24) is 0 Å². The molecule has 0 amide bonds. The molecule has 0 unspecified atom stereocenters. The summed E-state index contributed by atoms with van der Waals surface area (Å²) in [5, 5.41) is 3.16. The van der Waals surface area contributed by atoms with Crippen molar-refractivity contribution in [2.24, 2.45) is 0 Å². The minimum Gasteiger partial charge on any atom is -0.465 e. The Balaban J connectivity index is 2.42. The van der Waals surface area contributed by atoms with Crippen molar-refractivity contribution in [1.29, 1.82) is 0 Å². The zero-order valence-corrected chi connectivity index (χ0v) is 13.3. The minimum atomic E-state index is -0.484. The second kappa shape index (κ2) is 6.32. The van der Waals surface area contributed by atoms with Crippen LogP contribution >= 0.6 is 27.5 Å². The van der Waals surface area contributed by atoms with Crippen LogP contribution < -0.4 is 11.1 Å². The Bertz CT molecular complexity index is 686. The Morgan fingerprint density at radius 3 is 2.71 bits per heavy atom. The molecule has 0 saturated heterocycles. The van der Waals surface area contributed by atoms with Gasteiger partial charge in [0.05, 0.1) is 34.8 Å². The van der Waals surface area contributed by atoms with Gasteiger partial charge in [-0.1, -0.05) is 11.6 Å². The first-order chi connectivity index (χ1) is 9.92. The number of hydrogen-bond acceptors (Lipinski definition) is 4. The van der Waals surface area contributed by atoms with Gasteiger partial charge in [0.2, 0.25) is 0 Å². The normalized spacial score (nSPS) is 10.3. The first-order valence-electron chi connectivity index (χ1n) is 5.81. The minimum absolute atomic E-state index is 0.185. The molecule has 0 radical (unpaired) electrons. The van der Waals surface area contributed by atoms with E-state index in [-0.39, 0.29) is 5.02 Å². The van der Waals surface area contributed by atoms with E-state index in [1.807, 2.05) is 0 Å². The van der Waals surface area contributed by atoms with Gasteiger partial charge >= 0.3 is 5.97 Å². The van der Waals surface area contributed by atoms with Crippen molar-refractivity contribution >= 4 is 50.6 Å². The monoisotopic (exact) mass is 372 g/mol. The van der Waals surface area contributed by atoms with E-state index < -0.39 is 11.8 Å². The third-order valence-corrected chi connectivity index (χ3v) is 3.66. The average Bonchev–Trinajstić information content (AvgIpc) is 2.43. The number of carbonyl (C=O) groups is 1. The zero-order chi connectivity index (χ0) is 15.6. The highest BCUT2D eigenvalue weighted by Crippen LogP contribution is 2.35. The average molecular weight is 374 g/mol. The second-order valence-electron chi connectivity index (χ2n) is 4.16. The predicted molar refractivity (Wildman–Crippen MR) is 84.6 cm³/mol. The molecule has 0 heterocycles. The molecule has 0 atom stereocenters. The van der Waals surface area contributed by atoms with E-state index in [0.717, 1.165) is 0 Å². The Kier molecular flexibility index (Phi) is 4.69. The van der Waals surface area contributed by atoms with Crippen LogP contribution in [0.3, 0.4) is 0 Å². The number of methoxy groups -OCH3 is 1. The van der Waals surface area contributed by atoms with Crippen LogP contribution in [0.2, 0.25) is 5.02 Å². The topological polar surface area (TPSA) is 64.3 Å². The molecular formula is C14H11BrClFN2O2. The Morgan fingerprint density at radius 2 is 2.10 bits per heavy atom. The van der Waals surface area contributed by atoms with Gasteiger partial charge in [0.1, 0.15) is 5.82 Å². The van der Waals surface area contributed by atoms with E-state index in [9.17, 15) is 9.18 Å². The molecule has 2 aromatic rings. The number of esters is 1. The maximum Gasteiger partial charge on any atom is 0.337 e. The molecular weight excluding hydrogens is 363 g/mol. The Labute approximate surface area is 134 Å². The second-order valence-corrected chi connectivity index (χ2v) is 5.42. The molecule has 2 rings (SSSR count). The number of halogens is 3. The Morgan fingerprint density at radius 1 is 1.38 bits per heavy atom. The summed E-state index contributed by atoms with van der Waals surface area (Å²) in [6.45, 7) is 0. The van der Waals surface area contributed by atoms with Crippen molar-refractivity contribution in [2.45, 2.75) is 0 Å². The maximum atomic E-state index is 13.2. The maximum absolute atomic E-state index is 13.2. The van der Waals surface area contributed by atoms with E-state index in [1.165, 1.54) is 25.3 Å². The van der Waals surface area contributed by atoms with Crippen LogP contribution in [0.25, 0.3) is 0 Å². The largest absolute Gasteiger partial charge is 0.465 e. The molecule has 0 aliphatic rings. The molecule has 7 heteroatoms. The predicted octanol–water partition coefficient (Wildman–Crippen LogP) is 4.35. The molecule has 0 spiro atoms. The van der Waals surface area contributed by atoms with Gasteiger partial charge in [0, 0.05) is 4.47 Å². The molecule has 0 aliphatic heterocycles. The number of anilines is 3. The third-order valence-electron chi connectivity index (χ3n) is 2.74. The van der Waals surface area contributed by atoms with Crippen molar-refractivity contribution in [2.75, 3.05) is 18.2 Å². The smallest absolute Gasteiger partial charge is 0.337 e. The first-order valence-corrected chi connectivity index (χ1v) is 6.99. The van der Waals surface area contributed by atoms with E-state index in [2.05, 4.69) is 26.0 Å². The molecule has 0 saturated carbocycles.